The summed E-state index contributed by atoms with van der Waals surface area (Å²) in [5.41, 5.74) is 0.253. The maximum Gasteiger partial charge on any atom is 0.255 e. The van der Waals surface area contributed by atoms with Gasteiger partial charge in [-0.2, -0.15) is 0 Å². The highest BCUT2D eigenvalue weighted by Gasteiger charge is 2.21. The van der Waals surface area contributed by atoms with Gasteiger partial charge < -0.3 is 15.4 Å². The minimum absolute atomic E-state index is 0.0310. The zero-order chi connectivity index (χ0) is 13.0. The van der Waals surface area contributed by atoms with Crippen molar-refractivity contribution < 1.29 is 13.9 Å². The van der Waals surface area contributed by atoms with E-state index in [2.05, 4.69) is 10.6 Å². The Labute approximate surface area is 106 Å². The van der Waals surface area contributed by atoms with Crippen molar-refractivity contribution in [2.24, 2.45) is 0 Å². The number of hydrogen-bond acceptors (Lipinski definition) is 3. The van der Waals surface area contributed by atoms with Crippen LogP contribution in [0.15, 0.2) is 18.2 Å². The first-order valence-corrected chi connectivity index (χ1v) is 6.15. The van der Waals surface area contributed by atoms with Gasteiger partial charge in [-0.15, -0.1) is 0 Å². The van der Waals surface area contributed by atoms with Crippen LogP contribution in [0, 0.1) is 5.82 Å². The molecule has 1 aliphatic rings. The van der Waals surface area contributed by atoms with Gasteiger partial charge in [0.05, 0.1) is 12.2 Å². The van der Waals surface area contributed by atoms with Crippen molar-refractivity contribution in [1.29, 1.82) is 0 Å². The number of carbonyl (C=O) groups excluding carboxylic acids is 1. The Morgan fingerprint density at radius 1 is 1.61 bits per heavy atom. The van der Waals surface area contributed by atoms with E-state index < -0.39 is 5.82 Å². The monoisotopic (exact) mass is 252 g/mol. The van der Waals surface area contributed by atoms with Crippen LogP contribution in [-0.2, 0) is 0 Å². The van der Waals surface area contributed by atoms with Gasteiger partial charge in [0.15, 0.2) is 11.6 Å². The molecule has 0 radical (unpaired) electrons. The van der Waals surface area contributed by atoms with Crippen LogP contribution < -0.4 is 15.4 Å². The standard InChI is InChI=1S/C13H17FN2O2/c1-2-18-12-10(4-3-5-11(12)14)13(17)16-9-6-7-15-8-9/h3-5,9,15H,2,6-8H2,1H3,(H,16,17). The molecule has 98 valence electrons. The molecule has 2 rings (SSSR count). The molecule has 1 aliphatic heterocycles. The molecule has 1 amide bonds. The third kappa shape index (κ3) is 2.79. The molecule has 1 unspecified atom stereocenters. The van der Waals surface area contributed by atoms with Crippen LogP contribution in [0.2, 0.25) is 0 Å². The van der Waals surface area contributed by atoms with Gasteiger partial charge in [0.2, 0.25) is 0 Å². The van der Waals surface area contributed by atoms with E-state index in [1.807, 2.05) is 0 Å². The maximum atomic E-state index is 13.6. The highest BCUT2D eigenvalue weighted by atomic mass is 19.1. The Hall–Kier alpha value is -1.62. The Morgan fingerprint density at radius 3 is 3.11 bits per heavy atom. The Morgan fingerprint density at radius 2 is 2.44 bits per heavy atom. The fourth-order valence-corrected chi connectivity index (χ4v) is 2.02. The van der Waals surface area contributed by atoms with Crippen LogP contribution in [0.25, 0.3) is 0 Å². The Bertz CT molecular complexity index is 431. The molecule has 0 aromatic heterocycles. The number of carbonyl (C=O) groups is 1. The van der Waals surface area contributed by atoms with Gasteiger partial charge in [-0.25, -0.2) is 4.39 Å². The fourth-order valence-electron chi connectivity index (χ4n) is 2.02. The predicted octanol–water partition coefficient (Wildman–Crippen LogP) is 1.32. The van der Waals surface area contributed by atoms with E-state index in [-0.39, 0.29) is 23.3 Å². The zero-order valence-electron chi connectivity index (χ0n) is 10.3. The third-order valence-electron chi connectivity index (χ3n) is 2.90. The molecule has 1 fully saturated rings. The quantitative estimate of drug-likeness (QED) is 0.849. The molecule has 0 aliphatic carbocycles. The Balaban J connectivity index is 2.15. The van der Waals surface area contributed by atoms with E-state index in [4.69, 9.17) is 4.74 Å². The minimum Gasteiger partial charge on any atom is -0.490 e. The first-order chi connectivity index (χ1) is 8.72. The lowest BCUT2D eigenvalue weighted by molar-refractivity contribution is 0.0935. The number of halogens is 1. The molecule has 1 aromatic carbocycles. The number of hydrogen-bond donors (Lipinski definition) is 2. The van der Waals surface area contributed by atoms with Gasteiger partial charge in [-0.05, 0) is 32.0 Å². The number of nitrogens with one attached hydrogen (secondary N) is 2. The van der Waals surface area contributed by atoms with Crippen molar-refractivity contribution in [3.8, 4) is 5.75 Å². The van der Waals surface area contributed by atoms with E-state index in [1.165, 1.54) is 12.1 Å². The number of benzene rings is 1. The molecule has 1 heterocycles. The molecule has 0 saturated carbocycles. The zero-order valence-corrected chi connectivity index (χ0v) is 10.3. The molecule has 4 nitrogen and oxygen atoms in total. The summed E-state index contributed by atoms with van der Waals surface area (Å²) in [4.78, 5) is 12.1. The summed E-state index contributed by atoms with van der Waals surface area (Å²) in [6, 6.07) is 4.49. The van der Waals surface area contributed by atoms with Crippen molar-refractivity contribution in [1.82, 2.24) is 10.6 Å². The summed E-state index contributed by atoms with van der Waals surface area (Å²) in [6.07, 6.45) is 0.894. The molecule has 1 atom stereocenters. The van der Waals surface area contributed by atoms with Gasteiger partial charge in [0, 0.05) is 12.6 Å². The first-order valence-electron chi connectivity index (χ1n) is 6.15. The molecule has 0 spiro atoms. The number of rotatable bonds is 4. The highest BCUT2D eigenvalue weighted by Crippen LogP contribution is 2.22. The topological polar surface area (TPSA) is 50.4 Å². The Kier molecular flexibility index (Phi) is 4.15. The summed E-state index contributed by atoms with van der Waals surface area (Å²) in [5.74, 6) is -0.760. The molecule has 2 N–H and O–H groups in total. The van der Waals surface area contributed by atoms with Crippen molar-refractivity contribution in [3.63, 3.8) is 0 Å². The van der Waals surface area contributed by atoms with Crippen molar-refractivity contribution in [2.45, 2.75) is 19.4 Å². The fraction of sp³-hybridized carbons (Fsp3) is 0.462. The van der Waals surface area contributed by atoms with E-state index in [0.29, 0.717) is 6.61 Å². The lowest BCUT2D eigenvalue weighted by Crippen LogP contribution is -2.36. The normalized spacial score (nSPS) is 18.7. The van der Waals surface area contributed by atoms with Crippen LogP contribution in [0.5, 0.6) is 5.75 Å². The lowest BCUT2D eigenvalue weighted by atomic mass is 10.1. The van der Waals surface area contributed by atoms with Crippen LogP contribution in [0.4, 0.5) is 4.39 Å². The first kappa shape index (κ1) is 12.8. The summed E-state index contributed by atoms with van der Waals surface area (Å²) >= 11 is 0. The van der Waals surface area contributed by atoms with Crippen LogP contribution in [0.3, 0.4) is 0 Å². The second-order valence-corrected chi connectivity index (χ2v) is 4.21. The van der Waals surface area contributed by atoms with Gasteiger partial charge in [0.25, 0.3) is 5.91 Å². The predicted molar refractivity (Wildman–Crippen MR) is 66.3 cm³/mol. The third-order valence-corrected chi connectivity index (χ3v) is 2.90. The lowest BCUT2D eigenvalue weighted by Gasteiger charge is -2.14. The molecule has 1 aromatic rings. The average Bonchev–Trinajstić information content (AvgIpc) is 2.84. The SMILES string of the molecule is CCOc1c(F)cccc1C(=O)NC1CCNC1. The molecule has 1 saturated heterocycles. The van der Waals surface area contributed by atoms with E-state index in [9.17, 15) is 9.18 Å². The van der Waals surface area contributed by atoms with E-state index in [0.717, 1.165) is 19.5 Å². The summed E-state index contributed by atoms with van der Waals surface area (Å²) < 4.78 is 18.8. The second kappa shape index (κ2) is 5.82. The van der Waals surface area contributed by atoms with Gasteiger partial charge in [-0.3, -0.25) is 4.79 Å². The molecular weight excluding hydrogens is 235 g/mol. The van der Waals surface area contributed by atoms with Crippen molar-refractivity contribution in [2.75, 3.05) is 19.7 Å². The smallest absolute Gasteiger partial charge is 0.255 e. The average molecular weight is 252 g/mol. The van der Waals surface area contributed by atoms with Crippen molar-refractivity contribution in [3.05, 3.63) is 29.6 Å². The maximum absolute atomic E-state index is 13.6. The minimum atomic E-state index is -0.506. The van der Waals surface area contributed by atoms with Crippen LogP contribution in [0.1, 0.15) is 23.7 Å². The highest BCUT2D eigenvalue weighted by molar-refractivity contribution is 5.97. The molecule has 18 heavy (non-hydrogen) atoms. The van der Waals surface area contributed by atoms with Crippen LogP contribution >= 0.6 is 0 Å². The molecular formula is C13H17FN2O2. The van der Waals surface area contributed by atoms with Gasteiger partial charge in [0.1, 0.15) is 0 Å². The van der Waals surface area contributed by atoms with Gasteiger partial charge >= 0.3 is 0 Å². The number of ether oxygens (including phenoxy) is 1. The number of para-hydroxylation sites is 1. The summed E-state index contributed by atoms with van der Waals surface area (Å²) in [5, 5.41) is 6.03. The van der Waals surface area contributed by atoms with Crippen LogP contribution in [-0.4, -0.2) is 31.6 Å². The van der Waals surface area contributed by atoms with Gasteiger partial charge in [-0.1, -0.05) is 6.07 Å². The van der Waals surface area contributed by atoms with E-state index in [1.54, 1.807) is 13.0 Å². The summed E-state index contributed by atoms with van der Waals surface area (Å²) in [6.45, 7) is 3.73. The van der Waals surface area contributed by atoms with E-state index >= 15 is 0 Å². The summed E-state index contributed by atoms with van der Waals surface area (Å²) in [7, 11) is 0. The molecule has 0 bridgehead atoms. The second-order valence-electron chi connectivity index (χ2n) is 4.21. The molecule has 5 heteroatoms. The van der Waals surface area contributed by atoms with Crippen molar-refractivity contribution >= 4 is 5.91 Å². The number of amides is 1. The largest absolute Gasteiger partial charge is 0.490 e.